The van der Waals surface area contributed by atoms with Gasteiger partial charge in [-0.1, -0.05) is 26.2 Å². The zero-order chi connectivity index (χ0) is 13.7. The number of benzene rings is 1. The number of nitrogens with one attached hydrogen (secondary N) is 1. The van der Waals surface area contributed by atoms with Gasteiger partial charge in [0.25, 0.3) is 5.69 Å². The quantitative estimate of drug-likeness (QED) is 0.498. The first-order valence-corrected chi connectivity index (χ1v) is 7.20. The molecule has 0 radical (unpaired) electrons. The Kier molecular flexibility index (Phi) is 4.77. The minimum absolute atomic E-state index is 0.150. The summed E-state index contributed by atoms with van der Waals surface area (Å²) in [6, 6.07) is 7.25. The van der Waals surface area contributed by atoms with Crippen molar-refractivity contribution in [2.24, 2.45) is 5.92 Å². The molecule has 0 spiro atoms. The first-order valence-electron chi connectivity index (χ1n) is 7.20. The molecule has 0 bridgehead atoms. The molecule has 1 aliphatic carbocycles. The van der Waals surface area contributed by atoms with E-state index in [0.29, 0.717) is 6.04 Å². The number of nitro groups is 1. The van der Waals surface area contributed by atoms with Crippen LogP contribution in [-0.2, 0) is 0 Å². The van der Waals surface area contributed by atoms with Crippen LogP contribution in [0.15, 0.2) is 24.3 Å². The Labute approximate surface area is 114 Å². The first-order chi connectivity index (χ1) is 9.19. The van der Waals surface area contributed by atoms with Crippen LogP contribution in [0.2, 0.25) is 0 Å². The van der Waals surface area contributed by atoms with Gasteiger partial charge in [0.2, 0.25) is 0 Å². The third kappa shape index (κ3) is 3.94. The Balaban J connectivity index is 1.91. The molecular weight excluding hydrogens is 240 g/mol. The van der Waals surface area contributed by atoms with Gasteiger partial charge in [0.15, 0.2) is 0 Å². The van der Waals surface area contributed by atoms with Crippen LogP contribution in [0.5, 0.6) is 0 Å². The zero-order valence-corrected chi connectivity index (χ0v) is 11.5. The first kappa shape index (κ1) is 13.8. The van der Waals surface area contributed by atoms with Gasteiger partial charge in [0.1, 0.15) is 0 Å². The Morgan fingerprint density at radius 2 is 1.95 bits per heavy atom. The molecule has 0 aromatic heterocycles. The summed E-state index contributed by atoms with van der Waals surface area (Å²) in [4.78, 5) is 10.2. The largest absolute Gasteiger partial charge is 0.382 e. The Bertz CT molecular complexity index is 417. The molecule has 19 heavy (non-hydrogen) atoms. The van der Waals surface area contributed by atoms with Crippen LogP contribution >= 0.6 is 0 Å². The van der Waals surface area contributed by atoms with Crippen molar-refractivity contribution in [1.82, 2.24) is 0 Å². The molecule has 1 aromatic rings. The number of anilines is 1. The summed E-state index contributed by atoms with van der Waals surface area (Å²) in [6.45, 7) is 2.27. The van der Waals surface area contributed by atoms with E-state index in [4.69, 9.17) is 0 Å². The summed E-state index contributed by atoms with van der Waals surface area (Å²) in [5.41, 5.74) is 1.14. The van der Waals surface area contributed by atoms with Gasteiger partial charge in [-0.15, -0.1) is 0 Å². The second-order valence-electron chi connectivity index (χ2n) is 5.43. The van der Waals surface area contributed by atoms with Gasteiger partial charge < -0.3 is 5.32 Å². The molecular formula is C15H22N2O2. The molecule has 4 heteroatoms. The van der Waals surface area contributed by atoms with Gasteiger partial charge >= 0.3 is 0 Å². The fraction of sp³-hybridized carbons (Fsp3) is 0.600. The van der Waals surface area contributed by atoms with Crippen LogP contribution < -0.4 is 5.32 Å². The predicted molar refractivity (Wildman–Crippen MR) is 77.4 cm³/mol. The van der Waals surface area contributed by atoms with E-state index in [1.165, 1.54) is 38.5 Å². The zero-order valence-electron chi connectivity index (χ0n) is 11.5. The average molecular weight is 262 g/mol. The minimum Gasteiger partial charge on any atom is -0.382 e. The van der Waals surface area contributed by atoms with Crippen molar-refractivity contribution in [3.8, 4) is 0 Å². The molecule has 1 fully saturated rings. The highest BCUT2D eigenvalue weighted by molar-refractivity contribution is 5.49. The average Bonchev–Trinajstić information content (AvgIpc) is 2.64. The number of nitro benzene ring substituents is 1. The molecule has 2 rings (SSSR count). The fourth-order valence-electron chi connectivity index (χ4n) is 2.85. The van der Waals surface area contributed by atoms with Gasteiger partial charge in [0, 0.05) is 23.9 Å². The maximum Gasteiger partial charge on any atom is 0.269 e. The lowest BCUT2D eigenvalue weighted by Gasteiger charge is -2.17. The normalized spacial score (nSPS) is 23.6. The van der Waals surface area contributed by atoms with Crippen molar-refractivity contribution in [2.75, 3.05) is 5.32 Å². The Morgan fingerprint density at radius 3 is 2.58 bits per heavy atom. The third-order valence-corrected chi connectivity index (χ3v) is 4.11. The lowest BCUT2D eigenvalue weighted by molar-refractivity contribution is -0.384. The molecule has 0 amide bonds. The maximum atomic E-state index is 10.6. The van der Waals surface area contributed by atoms with E-state index in [1.807, 2.05) is 0 Å². The van der Waals surface area contributed by atoms with Crippen molar-refractivity contribution in [2.45, 2.75) is 51.5 Å². The lowest BCUT2D eigenvalue weighted by Crippen LogP contribution is -2.18. The monoisotopic (exact) mass is 262 g/mol. The molecule has 0 saturated heterocycles. The molecule has 1 aliphatic rings. The molecule has 0 aliphatic heterocycles. The second-order valence-corrected chi connectivity index (χ2v) is 5.43. The van der Waals surface area contributed by atoms with Crippen molar-refractivity contribution < 1.29 is 4.92 Å². The number of nitrogens with zero attached hydrogens (tertiary/aromatic N) is 1. The van der Waals surface area contributed by atoms with Gasteiger partial charge in [0.05, 0.1) is 4.92 Å². The van der Waals surface area contributed by atoms with Crippen LogP contribution in [0.1, 0.15) is 45.4 Å². The predicted octanol–water partition coefficient (Wildman–Crippen LogP) is 4.37. The lowest BCUT2D eigenvalue weighted by atomic mass is 9.98. The van der Waals surface area contributed by atoms with Crippen LogP contribution in [-0.4, -0.2) is 11.0 Å². The standard InChI is InChI=1S/C15H22N2O2/c1-2-12-4-3-5-13(7-6-12)16-14-8-10-15(11-9-14)17(18)19/h8-13,16H,2-7H2,1H3. The molecule has 1 N–H and O–H groups in total. The molecule has 1 saturated carbocycles. The van der Waals surface area contributed by atoms with Gasteiger partial charge in [-0.3, -0.25) is 10.1 Å². The van der Waals surface area contributed by atoms with Crippen molar-refractivity contribution in [3.63, 3.8) is 0 Å². The molecule has 0 heterocycles. The van der Waals surface area contributed by atoms with E-state index in [1.54, 1.807) is 24.3 Å². The van der Waals surface area contributed by atoms with Gasteiger partial charge in [-0.2, -0.15) is 0 Å². The smallest absolute Gasteiger partial charge is 0.269 e. The van der Waals surface area contributed by atoms with Crippen LogP contribution in [0.25, 0.3) is 0 Å². The van der Waals surface area contributed by atoms with E-state index in [2.05, 4.69) is 12.2 Å². The van der Waals surface area contributed by atoms with Gasteiger partial charge in [-0.25, -0.2) is 0 Å². The topological polar surface area (TPSA) is 55.2 Å². The van der Waals surface area contributed by atoms with E-state index < -0.39 is 0 Å². The molecule has 2 unspecified atom stereocenters. The minimum atomic E-state index is -0.360. The molecule has 104 valence electrons. The summed E-state index contributed by atoms with van der Waals surface area (Å²) in [7, 11) is 0. The number of non-ortho nitro benzene ring substituents is 1. The van der Waals surface area contributed by atoms with E-state index in [0.717, 1.165) is 11.6 Å². The number of hydrogen-bond acceptors (Lipinski definition) is 3. The third-order valence-electron chi connectivity index (χ3n) is 4.11. The van der Waals surface area contributed by atoms with E-state index in [9.17, 15) is 10.1 Å². The van der Waals surface area contributed by atoms with E-state index >= 15 is 0 Å². The molecule has 4 nitrogen and oxygen atoms in total. The summed E-state index contributed by atoms with van der Waals surface area (Å²) in [6.07, 6.45) is 7.60. The summed E-state index contributed by atoms with van der Waals surface area (Å²) in [5, 5.41) is 14.1. The summed E-state index contributed by atoms with van der Waals surface area (Å²) >= 11 is 0. The SMILES string of the molecule is CCC1CCCC(Nc2ccc([N+](=O)[O-])cc2)CC1. The fourth-order valence-corrected chi connectivity index (χ4v) is 2.85. The Hall–Kier alpha value is -1.58. The van der Waals surface area contributed by atoms with Crippen LogP contribution in [0.4, 0.5) is 11.4 Å². The Morgan fingerprint density at radius 1 is 1.21 bits per heavy atom. The van der Waals surface area contributed by atoms with Crippen molar-refractivity contribution in [3.05, 3.63) is 34.4 Å². The second kappa shape index (κ2) is 6.55. The molecule has 1 aromatic carbocycles. The highest BCUT2D eigenvalue weighted by Gasteiger charge is 2.17. The maximum absolute atomic E-state index is 10.6. The number of rotatable bonds is 4. The number of hydrogen-bond donors (Lipinski definition) is 1. The van der Waals surface area contributed by atoms with Crippen molar-refractivity contribution in [1.29, 1.82) is 0 Å². The molecule has 2 atom stereocenters. The highest BCUT2D eigenvalue weighted by Crippen LogP contribution is 2.27. The highest BCUT2D eigenvalue weighted by atomic mass is 16.6. The van der Waals surface area contributed by atoms with E-state index in [-0.39, 0.29) is 10.6 Å². The summed E-state index contributed by atoms with van der Waals surface area (Å²) < 4.78 is 0. The van der Waals surface area contributed by atoms with Crippen molar-refractivity contribution >= 4 is 11.4 Å². The van der Waals surface area contributed by atoms with Crippen LogP contribution in [0, 0.1) is 16.0 Å². The summed E-state index contributed by atoms with van der Waals surface area (Å²) in [5.74, 6) is 0.878. The van der Waals surface area contributed by atoms with Gasteiger partial charge in [-0.05, 0) is 37.3 Å². The van der Waals surface area contributed by atoms with Crippen LogP contribution in [0.3, 0.4) is 0 Å².